The second-order valence-corrected chi connectivity index (χ2v) is 7.33. The van der Waals surface area contributed by atoms with Gasteiger partial charge in [0.25, 0.3) is 0 Å². The molecule has 5 heterocycles. The average Bonchev–Trinajstić information content (AvgIpc) is 3.23. The van der Waals surface area contributed by atoms with E-state index in [-0.39, 0.29) is 17.8 Å². The van der Waals surface area contributed by atoms with Crippen molar-refractivity contribution in [1.82, 2.24) is 29.0 Å². The number of aromatic nitrogens is 6. The lowest BCUT2D eigenvalue weighted by Gasteiger charge is -2.18. The third-order valence-corrected chi connectivity index (χ3v) is 5.47. The van der Waals surface area contributed by atoms with Gasteiger partial charge >= 0.3 is 0 Å². The van der Waals surface area contributed by atoms with Crippen molar-refractivity contribution in [2.45, 2.75) is 32.1 Å². The summed E-state index contributed by atoms with van der Waals surface area (Å²) < 4.78 is 29.5. The quantitative estimate of drug-likeness (QED) is 0.532. The van der Waals surface area contributed by atoms with Gasteiger partial charge in [0.15, 0.2) is 22.9 Å². The lowest BCUT2D eigenvalue weighted by atomic mass is 10.2. The maximum atomic E-state index is 15.1. The van der Waals surface area contributed by atoms with Gasteiger partial charge in [0, 0.05) is 30.3 Å². The van der Waals surface area contributed by atoms with Crippen LogP contribution in [0.1, 0.15) is 41.2 Å². The molecule has 142 valence electrons. The molecule has 6 rings (SSSR count). The van der Waals surface area contributed by atoms with Crippen molar-refractivity contribution < 1.29 is 13.9 Å². The Labute approximate surface area is 159 Å². The number of nitrogens with zero attached hydrogens (tertiary/aromatic N) is 6. The Kier molecular flexibility index (Phi) is 3.05. The molecule has 1 aliphatic carbocycles. The Morgan fingerprint density at radius 2 is 1.96 bits per heavy atom. The molecule has 0 radical (unpaired) electrons. The molecule has 2 unspecified atom stereocenters. The zero-order chi connectivity index (χ0) is 19.0. The SMILES string of the molecule is Cc1ncc(C)n2nc(C3CC3c3nc4c5c(ccn4c3F)OCCO5)nc12. The molecule has 1 aliphatic heterocycles. The van der Waals surface area contributed by atoms with E-state index in [4.69, 9.17) is 9.47 Å². The highest BCUT2D eigenvalue weighted by Gasteiger charge is 2.46. The number of ether oxygens (including phenoxy) is 2. The van der Waals surface area contributed by atoms with Crippen LogP contribution >= 0.6 is 0 Å². The molecule has 1 fully saturated rings. The summed E-state index contributed by atoms with van der Waals surface area (Å²) in [7, 11) is 0. The van der Waals surface area contributed by atoms with Crippen molar-refractivity contribution >= 4 is 11.3 Å². The maximum Gasteiger partial charge on any atom is 0.221 e. The van der Waals surface area contributed by atoms with Crippen LogP contribution in [0.4, 0.5) is 4.39 Å². The van der Waals surface area contributed by atoms with Gasteiger partial charge in [0.1, 0.15) is 18.9 Å². The summed E-state index contributed by atoms with van der Waals surface area (Å²) in [6, 6.07) is 1.71. The van der Waals surface area contributed by atoms with Crippen LogP contribution in [0.3, 0.4) is 0 Å². The van der Waals surface area contributed by atoms with Gasteiger partial charge in [-0.2, -0.15) is 9.49 Å². The first-order valence-electron chi connectivity index (χ1n) is 9.26. The van der Waals surface area contributed by atoms with Gasteiger partial charge in [-0.05, 0) is 20.3 Å². The van der Waals surface area contributed by atoms with Crippen LogP contribution in [-0.4, -0.2) is 42.2 Å². The summed E-state index contributed by atoms with van der Waals surface area (Å²) in [6.45, 7) is 4.76. The topological polar surface area (TPSA) is 78.8 Å². The highest BCUT2D eigenvalue weighted by Crippen LogP contribution is 2.54. The van der Waals surface area contributed by atoms with Crippen molar-refractivity contribution in [2.24, 2.45) is 0 Å². The monoisotopic (exact) mass is 380 g/mol. The van der Waals surface area contributed by atoms with Gasteiger partial charge in [0.2, 0.25) is 11.7 Å². The van der Waals surface area contributed by atoms with E-state index >= 15 is 4.39 Å². The van der Waals surface area contributed by atoms with Crippen molar-refractivity contribution in [3.8, 4) is 11.5 Å². The molecule has 0 amide bonds. The van der Waals surface area contributed by atoms with Gasteiger partial charge in [0.05, 0.1) is 11.4 Å². The van der Waals surface area contributed by atoms with Crippen molar-refractivity contribution in [2.75, 3.05) is 13.2 Å². The van der Waals surface area contributed by atoms with E-state index in [0.29, 0.717) is 41.9 Å². The first-order valence-corrected chi connectivity index (χ1v) is 9.26. The zero-order valence-corrected chi connectivity index (χ0v) is 15.4. The van der Waals surface area contributed by atoms with E-state index in [0.717, 1.165) is 23.5 Å². The van der Waals surface area contributed by atoms with Crippen LogP contribution in [0.15, 0.2) is 18.5 Å². The van der Waals surface area contributed by atoms with Crippen LogP contribution in [-0.2, 0) is 0 Å². The molecule has 4 aromatic heterocycles. The number of aryl methyl sites for hydroxylation is 2. The van der Waals surface area contributed by atoms with E-state index in [2.05, 4.69) is 20.1 Å². The highest BCUT2D eigenvalue weighted by molar-refractivity contribution is 5.63. The Morgan fingerprint density at radius 3 is 2.82 bits per heavy atom. The fourth-order valence-electron chi connectivity index (χ4n) is 3.89. The standard InChI is InChI=1S/C19H17FN6O2/c1-9-8-21-10(2)18-23-17(24-26(9)18)12-7-11(12)14-16(20)25-4-3-13-15(19(25)22-14)28-6-5-27-13/h3-4,8,11-12H,5-7H2,1-2H3. The number of hydrogen-bond acceptors (Lipinski definition) is 6. The molecule has 2 atom stereocenters. The molecule has 0 saturated heterocycles. The van der Waals surface area contributed by atoms with Crippen LogP contribution in [0.2, 0.25) is 0 Å². The summed E-state index contributed by atoms with van der Waals surface area (Å²) in [5.74, 6) is 1.44. The average molecular weight is 380 g/mol. The van der Waals surface area contributed by atoms with Crippen LogP contribution < -0.4 is 9.47 Å². The summed E-state index contributed by atoms with van der Waals surface area (Å²) >= 11 is 0. The third-order valence-electron chi connectivity index (χ3n) is 5.47. The second-order valence-electron chi connectivity index (χ2n) is 7.33. The molecule has 0 aromatic carbocycles. The van der Waals surface area contributed by atoms with E-state index in [1.807, 2.05) is 13.8 Å². The zero-order valence-electron chi connectivity index (χ0n) is 15.4. The molecule has 28 heavy (non-hydrogen) atoms. The van der Waals surface area contributed by atoms with Crippen LogP contribution in [0, 0.1) is 19.8 Å². The molecular weight excluding hydrogens is 363 g/mol. The smallest absolute Gasteiger partial charge is 0.221 e. The second kappa shape index (κ2) is 5.40. The molecule has 4 aromatic rings. The summed E-state index contributed by atoms with van der Waals surface area (Å²) in [4.78, 5) is 13.5. The van der Waals surface area contributed by atoms with E-state index in [1.54, 1.807) is 23.0 Å². The van der Waals surface area contributed by atoms with Gasteiger partial charge in [-0.25, -0.2) is 14.5 Å². The molecule has 1 saturated carbocycles. The number of imidazole rings is 1. The van der Waals surface area contributed by atoms with E-state index in [1.165, 1.54) is 4.40 Å². The van der Waals surface area contributed by atoms with E-state index < -0.39 is 0 Å². The third kappa shape index (κ3) is 2.10. The minimum Gasteiger partial charge on any atom is -0.486 e. The van der Waals surface area contributed by atoms with Gasteiger partial charge in [-0.1, -0.05) is 0 Å². The molecule has 0 spiro atoms. The maximum absolute atomic E-state index is 15.1. The van der Waals surface area contributed by atoms with Gasteiger partial charge < -0.3 is 9.47 Å². The number of pyridine rings is 1. The summed E-state index contributed by atoms with van der Waals surface area (Å²) in [5, 5.41) is 4.63. The predicted molar refractivity (Wildman–Crippen MR) is 96.5 cm³/mol. The highest BCUT2D eigenvalue weighted by atomic mass is 19.1. The Hall–Kier alpha value is -3.23. The van der Waals surface area contributed by atoms with Crippen LogP contribution in [0.5, 0.6) is 11.5 Å². The largest absolute Gasteiger partial charge is 0.486 e. The first-order chi connectivity index (χ1) is 13.6. The Morgan fingerprint density at radius 1 is 1.11 bits per heavy atom. The molecular formula is C19H17FN6O2. The normalized spacial score (nSPS) is 20.8. The first kappa shape index (κ1) is 15.8. The lowest BCUT2D eigenvalue weighted by molar-refractivity contribution is 0.172. The predicted octanol–water partition coefficient (Wildman–Crippen LogP) is 2.57. The summed E-state index contributed by atoms with van der Waals surface area (Å²) in [6.07, 6.45) is 4.18. The van der Waals surface area contributed by atoms with Crippen molar-refractivity contribution in [3.63, 3.8) is 0 Å². The van der Waals surface area contributed by atoms with E-state index in [9.17, 15) is 0 Å². The summed E-state index contributed by atoms with van der Waals surface area (Å²) in [5.41, 5.74) is 3.37. The van der Waals surface area contributed by atoms with Gasteiger partial charge in [-0.3, -0.25) is 9.38 Å². The number of fused-ring (bicyclic) bond motifs is 4. The minimum atomic E-state index is -0.364. The van der Waals surface area contributed by atoms with Gasteiger partial charge in [-0.15, -0.1) is 0 Å². The molecule has 8 nitrogen and oxygen atoms in total. The number of halogens is 1. The number of hydrogen-bond donors (Lipinski definition) is 0. The Balaban J connectivity index is 1.40. The van der Waals surface area contributed by atoms with Crippen LogP contribution in [0.25, 0.3) is 11.3 Å². The Bertz CT molecular complexity index is 1220. The molecule has 0 N–H and O–H groups in total. The molecule has 9 heteroatoms. The lowest BCUT2D eigenvalue weighted by Crippen LogP contribution is -2.16. The number of rotatable bonds is 2. The molecule has 0 bridgehead atoms. The molecule has 2 aliphatic rings. The minimum absolute atomic E-state index is 0.0473. The fourth-order valence-corrected chi connectivity index (χ4v) is 3.89. The van der Waals surface area contributed by atoms with Crippen molar-refractivity contribution in [1.29, 1.82) is 0 Å². The van der Waals surface area contributed by atoms with Crippen molar-refractivity contribution in [3.05, 3.63) is 47.3 Å². The fraction of sp³-hybridized carbons (Fsp3) is 0.368.